The van der Waals surface area contributed by atoms with E-state index in [-0.39, 0.29) is 28.1 Å². The van der Waals surface area contributed by atoms with Gasteiger partial charge in [0.2, 0.25) is 5.91 Å². The Morgan fingerprint density at radius 1 is 1.35 bits per heavy atom. The number of aromatic nitrogens is 2. The largest absolute Gasteiger partial charge is 0.325 e. The molecule has 0 saturated carbocycles. The third-order valence-electron chi connectivity index (χ3n) is 2.82. The van der Waals surface area contributed by atoms with Gasteiger partial charge in [0.15, 0.2) is 0 Å². The summed E-state index contributed by atoms with van der Waals surface area (Å²) in [6, 6.07) is 4.31. The van der Waals surface area contributed by atoms with Crippen LogP contribution in [-0.4, -0.2) is 24.5 Å². The van der Waals surface area contributed by atoms with Gasteiger partial charge in [-0.05, 0) is 17.7 Å². The predicted octanol–water partition coefficient (Wildman–Crippen LogP) is 1.36. The van der Waals surface area contributed by atoms with Gasteiger partial charge in [-0.3, -0.25) is 14.6 Å². The van der Waals surface area contributed by atoms with Crippen LogP contribution in [-0.2, 0) is 21.2 Å². The van der Waals surface area contributed by atoms with E-state index >= 15 is 0 Å². The number of benzene rings is 1. The van der Waals surface area contributed by atoms with Crippen LogP contribution in [0.5, 0.6) is 0 Å². The number of H-pyrrole nitrogens is 1. The van der Waals surface area contributed by atoms with Gasteiger partial charge in [-0.2, -0.15) is 5.10 Å². The highest BCUT2D eigenvalue weighted by Crippen LogP contribution is 2.32. The van der Waals surface area contributed by atoms with E-state index in [0.29, 0.717) is 11.3 Å². The zero-order valence-corrected chi connectivity index (χ0v) is 11.5. The van der Waals surface area contributed by atoms with Crippen molar-refractivity contribution in [2.45, 2.75) is 11.3 Å². The van der Waals surface area contributed by atoms with Crippen LogP contribution in [0.15, 0.2) is 29.3 Å². The normalized spacial score (nSPS) is 13.9. The second-order valence-corrected chi connectivity index (χ2v) is 6.30. The summed E-state index contributed by atoms with van der Waals surface area (Å²) in [7, 11) is -3.85. The number of halogens is 1. The summed E-state index contributed by atoms with van der Waals surface area (Å²) < 4.78 is 26.8. The highest BCUT2D eigenvalue weighted by Gasteiger charge is 2.25. The van der Waals surface area contributed by atoms with E-state index in [1.165, 1.54) is 24.4 Å². The highest BCUT2D eigenvalue weighted by atomic mass is 35.5. The summed E-state index contributed by atoms with van der Waals surface area (Å²) in [5.74, 6) is 0.0444. The second kappa shape index (κ2) is 4.50. The first-order valence-corrected chi connectivity index (χ1v) is 7.46. The Hall–Kier alpha value is -2.06. The van der Waals surface area contributed by atoms with Crippen molar-refractivity contribution < 1.29 is 13.2 Å². The summed E-state index contributed by atoms with van der Waals surface area (Å²) in [4.78, 5) is 11.2. The maximum Gasteiger partial charge on any atom is 0.264 e. The Labute approximate surface area is 119 Å². The maximum atomic E-state index is 12.3. The van der Waals surface area contributed by atoms with Crippen molar-refractivity contribution in [3.63, 3.8) is 0 Å². The number of carbonyl (C=O) groups excluding carboxylic acids is 1. The van der Waals surface area contributed by atoms with E-state index < -0.39 is 10.0 Å². The lowest BCUT2D eigenvalue weighted by molar-refractivity contribution is -0.115. The van der Waals surface area contributed by atoms with Gasteiger partial charge in [0, 0.05) is 11.8 Å². The zero-order chi connectivity index (χ0) is 14.3. The number of nitrogens with zero attached hydrogens (tertiary/aromatic N) is 1. The highest BCUT2D eigenvalue weighted by molar-refractivity contribution is 7.92. The Balaban J connectivity index is 2.02. The van der Waals surface area contributed by atoms with E-state index in [2.05, 4.69) is 20.2 Å². The summed E-state index contributed by atoms with van der Waals surface area (Å²) in [5, 5.41) is 8.79. The number of hydrogen-bond donors (Lipinski definition) is 3. The minimum atomic E-state index is -3.85. The topological polar surface area (TPSA) is 104 Å². The van der Waals surface area contributed by atoms with Crippen molar-refractivity contribution >= 4 is 39.0 Å². The van der Waals surface area contributed by atoms with E-state index in [9.17, 15) is 13.2 Å². The fraction of sp³-hybridized carbons (Fsp3) is 0.0909. The Morgan fingerprint density at radius 2 is 2.15 bits per heavy atom. The number of nitrogens with one attached hydrogen (secondary N) is 3. The molecule has 0 atom stereocenters. The second-order valence-electron chi connectivity index (χ2n) is 4.24. The average molecular weight is 313 g/mol. The number of carbonyl (C=O) groups is 1. The lowest BCUT2D eigenvalue weighted by Gasteiger charge is -2.09. The van der Waals surface area contributed by atoms with Crippen LogP contribution in [0.1, 0.15) is 5.56 Å². The van der Waals surface area contributed by atoms with Crippen molar-refractivity contribution in [2.24, 2.45) is 0 Å². The third-order valence-corrected chi connectivity index (χ3v) is 4.65. The van der Waals surface area contributed by atoms with Gasteiger partial charge >= 0.3 is 0 Å². The van der Waals surface area contributed by atoms with Gasteiger partial charge in [0.05, 0.1) is 17.6 Å². The molecule has 0 aliphatic carbocycles. The monoisotopic (exact) mass is 312 g/mol. The van der Waals surface area contributed by atoms with Crippen molar-refractivity contribution in [1.82, 2.24) is 10.2 Å². The predicted molar refractivity (Wildman–Crippen MR) is 73.2 cm³/mol. The van der Waals surface area contributed by atoms with Crippen LogP contribution in [0.25, 0.3) is 0 Å². The average Bonchev–Trinajstić information content (AvgIpc) is 2.95. The van der Waals surface area contributed by atoms with Crippen LogP contribution in [0.3, 0.4) is 0 Å². The molecule has 2 aromatic rings. The summed E-state index contributed by atoms with van der Waals surface area (Å²) in [5.41, 5.74) is 1.14. The van der Waals surface area contributed by atoms with Gasteiger partial charge in [-0.25, -0.2) is 8.42 Å². The van der Waals surface area contributed by atoms with Gasteiger partial charge in [0.1, 0.15) is 10.7 Å². The molecule has 3 N–H and O–H groups in total. The molecule has 0 radical (unpaired) electrons. The van der Waals surface area contributed by atoms with E-state index in [4.69, 9.17) is 11.6 Å². The molecule has 1 aliphatic heterocycles. The first-order valence-electron chi connectivity index (χ1n) is 5.60. The fourth-order valence-corrected chi connectivity index (χ4v) is 3.54. The molecule has 0 bridgehead atoms. The number of aromatic amines is 1. The number of sulfonamides is 1. The Bertz CT molecular complexity index is 786. The van der Waals surface area contributed by atoms with Gasteiger partial charge in [-0.15, -0.1) is 0 Å². The van der Waals surface area contributed by atoms with Gasteiger partial charge in [0.25, 0.3) is 10.0 Å². The summed E-state index contributed by atoms with van der Waals surface area (Å²) >= 11 is 5.98. The lowest BCUT2D eigenvalue weighted by atomic mass is 10.2. The molecule has 20 heavy (non-hydrogen) atoms. The number of fused-ring (bicyclic) bond motifs is 1. The molecule has 2 heterocycles. The molecule has 1 aromatic heterocycles. The molecule has 0 saturated heterocycles. The van der Waals surface area contributed by atoms with Gasteiger partial charge < -0.3 is 5.32 Å². The number of rotatable bonds is 3. The van der Waals surface area contributed by atoms with Crippen molar-refractivity contribution in [2.75, 3.05) is 10.0 Å². The molecule has 1 aliphatic rings. The van der Waals surface area contributed by atoms with E-state index in [1.807, 2.05) is 0 Å². The Kier molecular flexibility index (Phi) is 2.91. The standard InChI is InChI=1S/C11H9ClN4O3S/c12-7-5-8-6(4-11(17)14-8)3-9(7)20(18,19)16-10-1-2-13-15-10/h1-3,5H,4H2,(H,14,17)(H2,13,15,16). The number of anilines is 2. The molecule has 9 heteroatoms. The van der Waals surface area contributed by atoms with Crippen molar-refractivity contribution in [3.05, 3.63) is 35.0 Å². The van der Waals surface area contributed by atoms with E-state index in [1.54, 1.807) is 0 Å². The number of amides is 1. The van der Waals surface area contributed by atoms with Crippen LogP contribution < -0.4 is 10.0 Å². The van der Waals surface area contributed by atoms with Crippen LogP contribution in [0, 0.1) is 0 Å². The van der Waals surface area contributed by atoms with Crippen molar-refractivity contribution in [3.8, 4) is 0 Å². The maximum absolute atomic E-state index is 12.3. The zero-order valence-electron chi connectivity index (χ0n) is 9.97. The van der Waals surface area contributed by atoms with Crippen LogP contribution >= 0.6 is 11.6 Å². The summed E-state index contributed by atoms with van der Waals surface area (Å²) in [6.07, 6.45) is 1.56. The molecule has 7 nitrogen and oxygen atoms in total. The molecule has 1 amide bonds. The quantitative estimate of drug-likeness (QED) is 0.796. The van der Waals surface area contributed by atoms with Crippen molar-refractivity contribution in [1.29, 1.82) is 0 Å². The SMILES string of the molecule is O=C1Cc2cc(S(=O)(=O)Nc3ccn[nH]3)c(Cl)cc2N1. The molecule has 1 aromatic carbocycles. The van der Waals surface area contributed by atoms with Gasteiger partial charge in [-0.1, -0.05) is 11.6 Å². The third kappa shape index (κ3) is 2.23. The number of hydrogen-bond acceptors (Lipinski definition) is 4. The first kappa shape index (κ1) is 12.9. The Morgan fingerprint density at radius 3 is 2.85 bits per heavy atom. The molecule has 0 fully saturated rings. The smallest absolute Gasteiger partial charge is 0.264 e. The molecular formula is C11H9ClN4O3S. The molecule has 0 spiro atoms. The fourth-order valence-electron chi connectivity index (χ4n) is 1.94. The summed E-state index contributed by atoms with van der Waals surface area (Å²) in [6.45, 7) is 0. The first-order chi connectivity index (χ1) is 9.45. The van der Waals surface area contributed by atoms with E-state index in [0.717, 1.165) is 0 Å². The molecular weight excluding hydrogens is 304 g/mol. The molecule has 0 unspecified atom stereocenters. The van der Waals surface area contributed by atoms with Crippen LogP contribution in [0.4, 0.5) is 11.5 Å². The lowest BCUT2D eigenvalue weighted by Crippen LogP contribution is -2.14. The van der Waals surface area contributed by atoms with Crippen LogP contribution in [0.2, 0.25) is 5.02 Å². The minimum Gasteiger partial charge on any atom is -0.325 e. The minimum absolute atomic E-state index is 0.0398. The molecule has 3 rings (SSSR count). The molecule has 104 valence electrons.